The quantitative estimate of drug-likeness (QED) is 0.235. The fraction of sp³-hybridized carbons (Fsp3) is 0.438. The number of aliphatic hydroxyl groups excluding tert-OH is 2. The van der Waals surface area contributed by atoms with E-state index < -0.39 is 82.8 Å². The smallest absolute Gasteiger partial charge is 0.279 e. The molecule has 14 nitrogen and oxygen atoms in total. The van der Waals surface area contributed by atoms with E-state index in [1.165, 1.54) is 23.9 Å². The Hall–Kier alpha value is -4.50. The summed E-state index contributed by atoms with van der Waals surface area (Å²) in [5, 5.41) is 42.1. The molecule has 0 radical (unpaired) electrons. The average molecular weight is 630 g/mol. The molecule has 0 aromatic heterocycles. The van der Waals surface area contributed by atoms with E-state index in [4.69, 9.17) is 5.73 Å². The summed E-state index contributed by atoms with van der Waals surface area (Å²) in [6, 6.07) is 12.9. The molecule has 0 bridgehead atoms. The van der Waals surface area contributed by atoms with E-state index in [0.29, 0.717) is 22.5 Å². The number of rotatable bonds is 3. The minimum atomic E-state index is -2.78. The molecule has 8 atom stereocenters. The van der Waals surface area contributed by atoms with Crippen LogP contribution in [0.3, 0.4) is 0 Å². The van der Waals surface area contributed by atoms with Crippen molar-refractivity contribution in [3.05, 3.63) is 71.4 Å². The highest BCUT2D eigenvalue weighted by Gasteiger charge is 2.84. The van der Waals surface area contributed by atoms with Crippen molar-refractivity contribution in [3.63, 3.8) is 0 Å². The van der Waals surface area contributed by atoms with E-state index in [-0.39, 0.29) is 5.70 Å². The molecule has 46 heavy (non-hydrogen) atoms. The summed E-state index contributed by atoms with van der Waals surface area (Å²) in [7, 11) is 2.76. The summed E-state index contributed by atoms with van der Waals surface area (Å²) in [6.07, 6.45) is -2.70. The Balaban J connectivity index is 1.48. The molecule has 6 aliphatic heterocycles. The zero-order chi connectivity index (χ0) is 32.9. The molecule has 6 heterocycles. The number of piperazine rings is 2. The standard InChI is InChI=1S/C32H35N7O7/c1-15(2)31(33)27(44)38-20(22(41)37(31)4)13-29(16-9-5-7-11-18(16)34-25(29)38)30-17-10-6-8-12-19(17)35-26(30)39-23(42)21(14-40)36(3)28(45)32(39,46)24(30)43/h5-13,15,21,24-26,34-35,40,43,46H,14,33H2,1-4H3/t21?,24-,25?,26?,29?,30?,31+,32?/m0/s1. The van der Waals surface area contributed by atoms with Crippen LogP contribution in [0.1, 0.15) is 25.0 Å². The van der Waals surface area contributed by atoms with Gasteiger partial charge in [-0.2, -0.15) is 0 Å². The third kappa shape index (κ3) is 2.69. The molecule has 0 aliphatic carbocycles. The van der Waals surface area contributed by atoms with Crippen molar-refractivity contribution in [2.45, 2.75) is 60.5 Å². The van der Waals surface area contributed by atoms with Crippen molar-refractivity contribution in [2.24, 2.45) is 11.7 Å². The van der Waals surface area contributed by atoms with Crippen molar-refractivity contribution >= 4 is 35.0 Å². The largest absolute Gasteiger partial charge is 0.394 e. The number of nitrogens with two attached hydrogens (primary N) is 1. The number of nitrogens with zero attached hydrogens (tertiary/aromatic N) is 4. The second-order valence-corrected chi connectivity index (χ2v) is 13.4. The van der Waals surface area contributed by atoms with Gasteiger partial charge in [-0.1, -0.05) is 50.2 Å². The fourth-order valence-electron chi connectivity index (χ4n) is 9.21. The van der Waals surface area contributed by atoms with Crippen LogP contribution in [0.2, 0.25) is 0 Å². The maximum Gasteiger partial charge on any atom is 0.279 e. The number of amides is 4. The molecular formula is C32H35N7O7. The number of fused-ring (bicyclic) bond motifs is 11. The molecule has 3 saturated heterocycles. The highest BCUT2D eigenvalue weighted by Crippen LogP contribution is 2.69. The number of nitrogens with one attached hydrogen (secondary N) is 2. The lowest BCUT2D eigenvalue weighted by atomic mass is 9.54. The fourth-order valence-corrected chi connectivity index (χ4v) is 9.21. The first-order valence-electron chi connectivity index (χ1n) is 15.2. The summed E-state index contributed by atoms with van der Waals surface area (Å²) in [6.45, 7) is 2.79. The number of hydrogen-bond donors (Lipinski definition) is 6. The first kappa shape index (κ1) is 28.9. The highest BCUT2D eigenvalue weighted by atomic mass is 16.4. The Morgan fingerprint density at radius 1 is 0.913 bits per heavy atom. The Morgan fingerprint density at radius 3 is 2.13 bits per heavy atom. The highest BCUT2D eigenvalue weighted by molar-refractivity contribution is 6.09. The third-order valence-corrected chi connectivity index (χ3v) is 11.5. The lowest BCUT2D eigenvalue weighted by Crippen LogP contribution is -2.75. The van der Waals surface area contributed by atoms with Gasteiger partial charge in [0.1, 0.15) is 30.2 Å². The maximum atomic E-state index is 14.6. The molecule has 8 rings (SSSR count). The van der Waals surface area contributed by atoms with Gasteiger partial charge < -0.3 is 41.5 Å². The van der Waals surface area contributed by atoms with Crippen LogP contribution in [-0.4, -0.2) is 115 Å². The number of carbonyl (C=O) groups excluding carboxylic acids is 4. The Morgan fingerprint density at radius 2 is 1.50 bits per heavy atom. The lowest BCUT2D eigenvalue weighted by molar-refractivity contribution is -0.209. The summed E-state index contributed by atoms with van der Waals surface area (Å²) in [5.74, 6) is -3.31. The van der Waals surface area contributed by atoms with Crippen LogP contribution < -0.4 is 16.4 Å². The first-order chi connectivity index (χ1) is 21.8. The number of hydrogen-bond acceptors (Lipinski definition) is 10. The predicted molar refractivity (Wildman–Crippen MR) is 162 cm³/mol. The second kappa shape index (κ2) is 8.64. The topological polar surface area (TPSA) is 192 Å². The van der Waals surface area contributed by atoms with E-state index in [0.717, 1.165) is 9.80 Å². The van der Waals surface area contributed by atoms with Gasteiger partial charge in [0.15, 0.2) is 5.66 Å². The molecule has 6 aliphatic rings. The summed E-state index contributed by atoms with van der Waals surface area (Å²) >= 11 is 0. The van der Waals surface area contributed by atoms with Gasteiger partial charge in [-0.15, -0.1) is 0 Å². The lowest BCUT2D eigenvalue weighted by Gasteiger charge is -2.51. The third-order valence-electron chi connectivity index (χ3n) is 11.5. The molecule has 0 spiro atoms. The minimum Gasteiger partial charge on any atom is -0.394 e. The van der Waals surface area contributed by atoms with E-state index in [1.807, 2.05) is 6.07 Å². The monoisotopic (exact) mass is 629 g/mol. The Kier molecular flexibility index (Phi) is 5.44. The molecule has 3 fully saturated rings. The van der Waals surface area contributed by atoms with Gasteiger partial charge >= 0.3 is 0 Å². The van der Waals surface area contributed by atoms with E-state index >= 15 is 0 Å². The van der Waals surface area contributed by atoms with Crippen molar-refractivity contribution in [1.29, 1.82) is 0 Å². The van der Waals surface area contributed by atoms with Gasteiger partial charge in [0, 0.05) is 25.5 Å². The van der Waals surface area contributed by atoms with Crippen LogP contribution in [0.25, 0.3) is 0 Å². The minimum absolute atomic E-state index is 0.0193. The van der Waals surface area contributed by atoms with E-state index in [9.17, 15) is 34.5 Å². The van der Waals surface area contributed by atoms with Crippen LogP contribution in [-0.2, 0) is 30.0 Å². The summed E-state index contributed by atoms with van der Waals surface area (Å²) in [4.78, 5) is 61.5. The van der Waals surface area contributed by atoms with Crippen LogP contribution in [0, 0.1) is 5.92 Å². The average Bonchev–Trinajstić information content (AvgIpc) is 3.71. The molecule has 0 saturated carbocycles. The molecule has 7 N–H and O–H groups in total. The molecule has 240 valence electrons. The van der Waals surface area contributed by atoms with Gasteiger partial charge in [-0.25, -0.2) is 0 Å². The van der Waals surface area contributed by atoms with E-state index in [1.54, 1.807) is 62.4 Å². The molecule has 2 aromatic rings. The molecule has 2 aromatic carbocycles. The molecular weight excluding hydrogens is 594 g/mol. The van der Waals surface area contributed by atoms with Crippen LogP contribution in [0.4, 0.5) is 11.4 Å². The van der Waals surface area contributed by atoms with Gasteiger partial charge in [0.05, 0.1) is 17.4 Å². The zero-order valence-electron chi connectivity index (χ0n) is 25.6. The van der Waals surface area contributed by atoms with E-state index in [2.05, 4.69) is 10.6 Å². The van der Waals surface area contributed by atoms with Crippen molar-refractivity contribution < 1.29 is 34.5 Å². The molecule has 6 unspecified atom stereocenters. The van der Waals surface area contributed by atoms with Gasteiger partial charge in [0.25, 0.3) is 29.4 Å². The Bertz CT molecular complexity index is 1820. The van der Waals surface area contributed by atoms with Gasteiger partial charge in [0.2, 0.25) is 0 Å². The molecule has 4 amide bonds. The van der Waals surface area contributed by atoms with Gasteiger partial charge in [-0.3, -0.25) is 29.0 Å². The van der Waals surface area contributed by atoms with Crippen LogP contribution in [0.5, 0.6) is 0 Å². The van der Waals surface area contributed by atoms with Crippen molar-refractivity contribution in [3.8, 4) is 0 Å². The summed E-state index contributed by atoms with van der Waals surface area (Å²) < 4.78 is 0. The maximum absolute atomic E-state index is 14.6. The number of aliphatic hydroxyl groups is 3. The molecule has 14 heteroatoms. The van der Waals surface area contributed by atoms with Crippen molar-refractivity contribution in [1.82, 2.24) is 19.6 Å². The predicted octanol–water partition coefficient (Wildman–Crippen LogP) is -1.40. The van der Waals surface area contributed by atoms with Crippen LogP contribution >= 0.6 is 0 Å². The number of anilines is 2. The summed E-state index contributed by atoms with van der Waals surface area (Å²) in [5.41, 5.74) is 1.12. The number of likely N-dealkylation sites (N-methyl/N-ethyl adjacent to an activating group) is 2. The Labute approximate surface area is 264 Å². The second-order valence-electron chi connectivity index (χ2n) is 13.4. The normalized spacial score (nSPS) is 38.7. The number of benzene rings is 2. The van der Waals surface area contributed by atoms with Gasteiger partial charge in [-0.05, 0) is 35.3 Å². The zero-order valence-corrected chi connectivity index (χ0v) is 25.6. The number of para-hydroxylation sites is 2. The van der Waals surface area contributed by atoms with Crippen molar-refractivity contribution in [2.75, 3.05) is 31.3 Å². The first-order valence-corrected chi connectivity index (χ1v) is 15.2. The SMILES string of the molecule is CC(C)[C@]1(N)C(=O)N2C(=CC3(C45c6ccccc6NC4N4C(=O)C(CO)N(C)C(=O)C4(O)[C@H]5O)c4ccccc4NC23)C(=O)N1C. The van der Waals surface area contributed by atoms with Crippen LogP contribution in [0.15, 0.2) is 60.3 Å². The number of carbonyl (C=O) groups is 4.